The second-order valence-corrected chi connectivity index (χ2v) is 6.92. The normalized spacial score (nSPS) is 14.3. The number of sulfonamides is 1. The number of halogens is 1. The van der Waals surface area contributed by atoms with Gasteiger partial charge < -0.3 is 0 Å². The van der Waals surface area contributed by atoms with E-state index in [9.17, 15) is 8.42 Å². The molecule has 0 saturated carbocycles. The molecule has 0 aliphatic heterocycles. The van der Waals surface area contributed by atoms with Gasteiger partial charge in [0.25, 0.3) is 0 Å². The lowest BCUT2D eigenvalue weighted by molar-refractivity contribution is 0.469. The standard InChI is InChI=1S/C10H18ClN3O2S/c1-7(11)6-13(4)17(15,16)10-8(2)12-14(5)9(10)3/h7H,6H2,1-5H3. The van der Waals surface area contributed by atoms with Gasteiger partial charge in [-0.1, -0.05) is 0 Å². The minimum absolute atomic E-state index is 0.230. The van der Waals surface area contributed by atoms with Gasteiger partial charge in [-0.2, -0.15) is 9.40 Å². The molecule has 0 amide bonds. The summed E-state index contributed by atoms with van der Waals surface area (Å²) in [6.07, 6.45) is 0. The molecule has 0 aliphatic carbocycles. The van der Waals surface area contributed by atoms with Gasteiger partial charge in [0.05, 0.1) is 11.4 Å². The van der Waals surface area contributed by atoms with Gasteiger partial charge in [0, 0.05) is 26.0 Å². The van der Waals surface area contributed by atoms with Gasteiger partial charge in [0.15, 0.2) is 0 Å². The number of rotatable bonds is 4. The first kappa shape index (κ1) is 14.5. The van der Waals surface area contributed by atoms with Gasteiger partial charge in [-0.25, -0.2) is 8.42 Å². The Kier molecular flexibility index (Phi) is 4.22. The molecule has 0 fully saturated rings. The molecule has 0 radical (unpaired) electrons. The van der Waals surface area contributed by atoms with Crippen molar-refractivity contribution in [3.63, 3.8) is 0 Å². The Balaban J connectivity index is 3.22. The van der Waals surface area contributed by atoms with Crippen LogP contribution in [0, 0.1) is 13.8 Å². The molecule has 1 unspecified atom stereocenters. The largest absolute Gasteiger partial charge is 0.271 e. The van der Waals surface area contributed by atoms with Crippen molar-refractivity contribution in [2.75, 3.05) is 13.6 Å². The molecule has 0 spiro atoms. The first-order chi connectivity index (χ1) is 7.67. The highest BCUT2D eigenvalue weighted by molar-refractivity contribution is 7.89. The number of hydrogen-bond acceptors (Lipinski definition) is 3. The Hall–Kier alpha value is -0.590. The predicted molar refractivity (Wildman–Crippen MR) is 67.8 cm³/mol. The second kappa shape index (κ2) is 4.96. The van der Waals surface area contributed by atoms with Crippen LogP contribution in [0.1, 0.15) is 18.3 Å². The van der Waals surface area contributed by atoms with Gasteiger partial charge >= 0.3 is 0 Å². The van der Waals surface area contributed by atoms with Crippen LogP contribution in [0.15, 0.2) is 4.90 Å². The average molecular weight is 280 g/mol. The van der Waals surface area contributed by atoms with Crippen molar-refractivity contribution in [1.29, 1.82) is 0 Å². The summed E-state index contributed by atoms with van der Waals surface area (Å²) in [4.78, 5) is 0.278. The smallest absolute Gasteiger partial charge is 0.246 e. The van der Waals surface area contributed by atoms with E-state index < -0.39 is 10.0 Å². The third-order valence-corrected chi connectivity index (χ3v) is 4.83. The van der Waals surface area contributed by atoms with Crippen LogP contribution in [0.3, 0.4) is 0 Å². The van der Waals surface area contributed by atoms with Crippen molar-refractivity contribution in [2.45, 2.75) is 31.0 Å². The van der Waals surface area contributed by atoms with E-state index in [0.717, 1.165) is 0 Å². The Morgan fingerprint density at radius 3 is 2.35 bits per heavy atom. The number of nitrogens with zero attached hydrogens (tertiary/aromatic N) is 3. The van der Waals surface area contributed by atoms with E-state index in [4.69, 9.17) is 11.6 Å². The maximum atomic E-state index is 12.3. The van der Waals surface area contributed by atoms with Crippen molar-refractivity contribution in [1.82, 2.24) is 14.1 Å². The fraction of sp³-hybridized carbons (Fsp3) is 0.700. The third-order valence-electron chi connectivity index (χ3n) is 2.62. The molecule has 0 bridgehead atoms. The lowest BCUT2D eigenvalue weighted by Crippen LogP contribution is -2.32. The Morgan fingerprint density at radius 1 is 1.47 bits per heavy atom. The van der Waals surface area contributed by atoms with Crippen molar-refractivity contribution in [3.8, 4) is 0 Å². The highest BCUT2D eigenvalue weighted by atomic mass is 35.5. The molecule has 0 aliphatic rings. The Bertz CT molecular complexity index is 508. The van der Waals surface area contributed by atoms with Gasteiger partial charge in [-0.3, -0.25) is 4.68 Å². The molecule has 1 atom stereocenters. The van der Waals surface area contributed by atoms with Crippen LogP contribution in [0.4, 0.5) is 0 Å². The maximum Gasteiger partial charge on any atom is 0.246 e. The molecule has 17 heavy (non-hydrogen) atoms. The van der Waals surface area contributed by atoms with E-state index in [1.807, 2.05) is 0 Å². The van der Waals surface area contributed by atoms with Crippen LogP contribution in [0.25, 0.3) is 0 Å². The van der Waals surface area contributed by atoms with E-state index in [-0.39, 0.29) is 16.8 Å². The highest BCUT2D eigenvalue weighted by Crippen LogP contribution is 2.22. The van der Waals surface area contributed by atoms with Gasteiger partial charge in [0.1, 0.15) is 4.90 Å². The summed E-state index contributed by atoms with van der Waals surface area (Å²) in [6, 6.07) is 0. The summed E-state index contributed by atoms with van der Waals surface area (Å²) in [5, 5.41) is 3.89. The fourth-order valence-electron chi connectivity index (χ4n) is 1.74. The lowest BCUT2D eigenvalue weighted by atomic mass is 10.4. The number of aromatic nitrogens is 2. The third kappa shape index (κ3) is 2.81. The van der Waals surface area contributed by atoms with Gasteiger partial charge in [-0.05, 0) is 20.8 Å². The molecule has 98 valence electrons. The fourth-order valence-corrected chi connectivity index (χ4v) is 3.68. The van der Waals surface area contributed by atoms with Crippen molar-refractivity contribution >= 4 is 21.6 Å². The van der Waals surface area contributed by atoms with Crippen LogP contribution in [-0.4, -0.2) is 41.5 Å². The minimum Gasteiger partial charge on any atom is -0.271 e. The molecular formula is C10H18ClN3O2S. The van der Waals surface area contributed by atoms with E-state index in [2.05, 4.69) is 5.10 Å². The predicted octanol–water partition coefficient (Wildman–Crippen LogP) is 1.28. The summed E-state index contributed by atoms with van der Waals surface area (Å²) >= 11 is 5.82. The van der Waals surface area contributed by atoms with Crippen molar-refractivity contribution < 1.29 is 8.42 Å². The zero-order valence-corrected chi connectivity index (χ0v) is 12.3. The summed E-state index contributed by atoms with van der Waals surface area (Å²) in [5.74, 6) is 0. The molecular weight excluding hydrogens is 262 g/mol. The Labute approximate surface area is 107 Å². The average Bonchev–Trinajstić information content (AvgIpc) is 2.39. The van der Waals surface area contributed by atoms with E-state index in [0.29, 0.717) is 11.4 Å². The molecule has 7 heteroatoms. The molecule has 1 heterocycles. The summed E-state index contributed by atoms with van der Waals surface area (Å²) in [7, 11) is -0.253. The first-order valence-electron chi connectivity index (χ1n) is 5.28. The van der Waals surface area contributed by atoms with E-state index in [1.54, 1.807) is 32.5 Å². The summed E-state index contributed by atoms with van der Waals surface area (Å²) < 4.78 is 27.5. The minimum atomic E-state index is -3.51. The molecule has 0 aromatic carbocycles. The van der Waals surface area contributed by atoms with E-state index in [1.165, 1.54) is 11.4 Å². The maximum absolute atomic E-state index is 12.3. The monoisotopic (exact) mass is 279 g/mol. The van der Waals surface area contributed by atoms with Crippen LogP contribution in [-0.2, 0) is 17.1 Å². The quantitative estimate of drug-likeness (QED) is 0.781. The SMILES string of the molecule is Cc1nn(C)c(C)c1S(=O)(=O)N(C)CC(C)Cl. The van der Waals surface area contributed by atoms with Crippen LogP contribution in [0.2, 0.25) is 0 Å². The molecule has 0 N–H and O–H groups in total. The summed E-state index contributed by atoms with van der Waals surface area (Å²) in [5.41, 5.74) is 1.15. The Morgan fingerprint density at radius 2 is 2.00 bits per heavy atom. The van der Waals surface area contributed by atoms with Crippen LogP contribution >= 0.6 is 11.6 Å². The van der Waals surface area contributed by atoms with Gasteiger partial charge in [-0.15, -0.1) is 11.6 Å². The zero-order valence-electron chi connectivity index (χ0n) is 10.7. The zero-order chi connectivity index (χ0) is 13.4. The van der Waals surface area contributed by atoms with Crippen molar-refractivity contribution in [2.24, 2.45) is 7.05 Å². The van der Waals surface area contributed by atoms with Crippen LogP contribution in [0.5, 0.6) is 0 Å². The van der Waals surface area contributed by atoms with Crippen LogP contribution < -0.4 is 0 Å². The second-order valence-electron chi connectivity index (χ2n) is 4.19. The molecule has 5 nitrogen and oxygen atoms in total. The lowest BCUT2D eigenvalue weighted by Gasteiger charge is -2.18. The molecule has 1 rings (SSSR count). The highest BCUT2D eigenvalue weighted by Gasteiger charge is 2.28. The van der Waals surface area contributed by atoms with E-state index >= 15 is 0 Å². The first-order valence-corrected chi connectivity index (χ1v) is 7.16. The van der Waals surface area contributed by atoms with Gasteiger partial charge in [0.2, 0.25) is 10.0 Å². The topological polar surface area (TPSA) is 55.2 Å². The number of alkyl halides is 1. The number of hydrogen-bond donors (Lipinski definition) is 0. The van der Waals surface area contributed by atoms with Crippen molar-refractivity contribution in [3.05, 3.63) is 11.4 Å². The summed E-state index contributed by atoms with van der Waals surface area (Å²) in [6.45, 7) is 5.47. The molecule has 0 saturated heterocycles. The number of aryl methyl sites for hydroxylation is 2. The molecule has 1 aromatic rings. The molecule has 1 aromatic heterocycles.